The Morgan fingerprint density at radius 3 is 2.18 bits per heavy atom. The SMILES string of the molecule is Cc1ccc(S(=O)(=O)N2[C@@H](c3ccccc3)[C@@H]2C(C)O)cc1. The molecular formula is C17H19NO3S. The van der Waals surface area contributed by atoms with E-state index < -0.39 is 22.2 Å². The molecule has 0 bridgehead atoms. The number of aryl methyl sites for hydroxylation is 1. The van der Waals surface area contributed by atoms with Crippen LogP contribution in [0.25, 0.3) is 0 Å². The number of sulfonamides is 1. The predicted octanol–water partition coefficient (Wildman–Crippen LogP) is 2.49. The molecule has 0 aromatic heterocycles. The molecule has 1 saturated heterocycles. The van der Waals surface area contributed by atoms with Crippen LogP contribution in [0.2, 0.25) is 0 Å². The van der Waals surface area contributed by atoms with E-state index in [0.717, 1.165) is 11.1 Å². The summed E-state index contributed by atoms with van der Waals surface area (Å²) in [6.07, 6.45) is -0.717. The van der Waals surface area contributed by atoms with Crippen LogP contribution < -0.4 is 0 Å². The largest absolute Gasteiger partial charge is 0.392 e. The first-order chi connectivity index (χ1) is 10.4. The molecule has 0 spiro atoms. The van der Waals surface area contributed by atoms with Gasteiger partial charge < -0.3 is 5.11 Å². The molecule has 1 heterocycles. The number of rotatable bonds is 4. The second-order valence-corrected chi connectivity index (χ2v) is 7.58. The molecule has 0 radical (unpaired) electrons. The van der Waals surface area contributed by atoms with E-state index in [1.807, 2.05) is 37.3 Å². The fourth-order valence-electron chi connectivity index (χ4n) is 2.84. The second-order valence-electron chi connectivity index (χ2n) is 5.73. The van der Waals surface area contributed by atoms with Gasteiger partial charge in [-0.05, 0) is 31.5 Å². The van der Waals surface area contributed by atoms with E-state index in [2.05, 4.69) is 0 Å². The maximum atomic E-state index is 12.8. The minimum absolute atomic E-state index is 0.266. The van der Waals surface area contributed by atoms with Gasteiger partial charge in [-0.1, -0.05) is 48.0 Å². The van der Waals surface area contributed by atoms with Gasteiger partial charge in [0.1, 0.15) is 0 Å². The lowest BCUT2D eigenvalue weighted by Crippen LogP contribution is -2.20. The molecule has 4 atom stereocenters. The Morgan fingerprint density at radius 1 is 1.05 bits per heavy atom. The van der Waals surface area contributed by atoms with Crippen molar-refractivity contribution in [1.82, 2.24) is 4.31 Å². The molecule has 1 aliphatic rings. The molecule has 2 aromatic carbocycles. The molecule has 0 aliphatic carbocycles. The Morgan fingerprint density at radius 2 is 1.64 bits per heavy atom. The first-order valence-corrected chi connectivity index (χ1v) is 8.70. The summed E-state index contributed by atoms with van der Waals surface area (Å²) in [5.74, 6) is 0. The van der Waals surface area contributed by atoms with Crippen molar-refractivity contribution in [2.75, 3.05) is 0 Å². The number of nitrogens with zero attached hydrogens (tertiary/aromatic N) is 1. The van der Waals surface area contributed by atoms with Crippen LogP contribution in [0.1, 0.15) is 24.1 Å². The molecule has 1 N–H and O–H groups in total. The van der Waals surface area contributed by atoms with Crippen LogP contribution in [0.15, 0.2) is 59.5 Å². The van der Waals surface area contributed by atoms with Gasteiger partial charge in [0.25, 0.3) is 0 Å². The molecule has 1 aliphatic heterocycles. The fraction of sp³-hybridized carbons (Fsp3) is 0.294. The summed E-state index contributed by atoms with van der Waals surface area (Å²) in [6.45, 7) is 3.55. The molecule has 4 nitrogen and oxygen atoms in total. The maximum Gasteiger partial charge on any atom is 0.244 e. The van der Waals surface area contributed by atoms with Crippen LogP contribution in [-0.2, 0) is 10.0 Å². The zero-order valence-electron chi connectivity index (χ0n) is 12.5. The lowest BCUT2D eigenvalue weighted by atomic mass is 10.1. The summed E-state index contributed by atoms with van der Waals surface area (Å²) in [4.78, 5) is 0.266. The van der Waals surface area contributed by atoms with E-state index >= 15 is 0 Å². The van der Waals surface area contributed by atoms with E-state index in [9.17, 15) is 13.5 Å². The number of hydrogen-bond donors (Lipinski definition) is 1. The zero-order valence-corrected chi connectivity index (χ0v) is 13.4. The topological polar surface area (TPSA) is 57.4 Å². The average molecular weight is 317 g/mol. The fourth-order valence-corrected chi connectivity index (χ4v) is 4.67. The van der Waals surface area contributed by atoms with Gasteiger partial charge in [0.2, 0.25) is 10.0 Å². The van der Waals surface area contributed by atoms with Gasteiger partial charge in [-0.3, -0.25) is 0 Å². The molecule has 0 saturated carbocycles. The number of aliphatic hydroxyl groups excluding tert-OH is 1. The molecule has 2 unspecified atom stereocenters. The Bertz CT molecular complexity index is 754. The maximum absolute atomic E-state index is 12.8. The van der Waals surface area contributed by atoms with Crippen molar-refractivity contribution >= 4 is 10.0 Å². The van der Waals surface area contributed by atoms with Crippen molar-refractivity contribution in [3.63, 3.8) is 0 Å². The van der Waals surface area contributed by atoms with Gasteiger partial charge in [-0.15, -0.1) is 0 Å². The summed E-state index contributed by atoms with van der Waals surface area (Å²) in [5, 5.41) is 9.94. The zero-order chi connectivity index (χ0) is 15.9. The van der Waals surface area contributed by atoms with Gasteiger partial charge >= 0.3 is 0 Å². The highest BCUT2D eigenvalue weighted by Gasteiger charge is 2.58. The summed E-state index contributed by atoms with van der Waals surface area (Å²) >= 11 is 0. The molecule has 116 valence electrons. The third kappa shape index (κ3) is 2.56. The normalized spacial score (nSPS) is 25.7. The van der Waals surface area contributed by atoms with Gasteiger partial charge in [0, 0.05) is 0 Å². The molecule has 5 heteroatoms. The monoisotopic (exact) mass is 317 g/mol. The molecule has 2 aromatic rings. The summed E-state index contributed by atoms with van der Waals surface area (Å²) in [7, 11) is -3.60. The lowest BCUT2D eigenvalue weighted by Gasteiger charge is -2.08. The Labute approximate surface area is 131 Å². The third-order valence-corrected chi connectivity index (χ3v) is 5.93. The van der Waals surface area contributed by atoms with Crippen molar-refractivity contribution < 1.29 is 13.5 Å². The number of aliphatic hydroxyl groups is 1. The van der Waals surface area contributed by atoms with Crippen molar-refractivity contribution in [2.24, 2.45) is 0 Å². The minimum atomic E-state index is -3.60. The van der Waals surface area contributed by atoms with Gasteiger partial charge in [-0.25, -0.2) is 8.42 Å². The first-order valence-electron chi connectivity index (χ1n) is 7.26. The van der Waals surface area contributed by atoms with E-state index in [0.29, 0.717) is 0 Å². The smallest absolute Gasteiger partial charge is 0.244 e. The Hall–Kier alpha value is -1.69. The van der Waals surface area contributed by atoms with Crippen molar-refractivity contribution in [2.45, 2.75) is 36.9 Å². The van der Waals surface area contributed by atoms with Crippen molar-refractivity contribution in [1.29, 1.82) is 0 Å². The highest BCUT2D eigenvalue weighted by Crippen LogP contribution is 2.49. The standard InChI is InChI=1S/C17H19NO3S/c1-12-8-10-15(11-9-12)22(20,21)18-16(13(2)19)17(18)14-6-4-3-5-7-14/h3-11,13,16-17,19H,1-2H3/t13?,16-,17-,18?/m0/s1. The predicted molar refractivity (Wildman–Crippen MR) is 84.9 cm³/mol. The van der Waals surface area contributed by atoms with E-state index in [-0.39, 0.29) is 10.9 Å². The molecular weight excluding hydrogens is 298 g/mol. The van der Waals surface area contributed by atoms with Gasteiger partial charge in [0.15, 0.2) is 0 Å². The van der Waals surface area contributed by atoms with Crippen LogP contribution >= 0.6 is 0 Å². The van der Waals surface area contributed by atoms with E-state index in [1.54, 1.807) is 31.2 Å². The molecule has 1 fully saturated rings. The second kappa shape index (κ2) is 5.50. The molecule has 22 heavy (non-hydrogen) atoms. The highest BCUT2D eigenvalue weighted by atomic mass is 32.2. The quantitative estimate of drug-likeness (QED) is 0.882. The summed E-state index contributed by atoms with van der Waals surface area (Å²) < 4.78 is 27.0. The van der Waals surface area contributed by atoms with E-state index in [1.165, 1.54) is 4.31 Å². The van der Waals surface area contributed by atoms with Crippen LogP contribution in [0.4, 0.5) is 0 Å². The minimum Gasteiger partial charge on any atom is -0.392 e. The van der Waals surface area contributed by atoms with Crippen molar-refractivity contribution in [3.8, 4) is 0 Å². The van der Waals surface area contributed by atoms with Crippen LogP contribution in [0.5, 0.6) is 0 Å². The van der Waals surface area contributed by atoms with Crippen LogP contribution in [0.3, 0.4) is 0 Å². The first kappa shape index (κ1) is 15.2. The van der Waals surface area contributed by atoms with E-state index in [4.69, 9.17) is 0 Å². The van der Waals surface area contributed by atoms with Crippen LogP contribution in [-0.4, -0.2) is 30.0 Å². The Balaban J connectivity index is 1.97. The van der Waals surface area contributed by atoms with Crippen LogP contribution in [0, 0.1) is 6.92 Å². The van der Waals surface area contributed by atoms with Gasteiger partial charge in [0.05, 0.1) is 23.1 Å². The lowest BCUT2D eigenvalue weighted by molar-refractivity contribution is 0.183. The third-order valence-electron chi connectivity index (χ3n) is 4.03. The van der Waals surface area contributed by atoms with Gasteiger partial charge in [-0.2, -0.15) is 4.31 Å². The molecule has 0 amide bonds. The Kier molecular flexibility index (Phi) is 3.80. The van der Waals surface area contributed by atoms with Crippen molar-refractivity contribution in [3.05, 3.63) is 65.7 Å². The summed E-state index contributed by atoms with van der Waals surface area (Å²) in [5.41, 5.74) is 1.92. The number of benzene rings is 2. The number of hydrogen-bond acceptors (Lipinski definition) is 3. The average Bonchev–Trinajstić information content (AvgIpc) is 3.25. The highest BCUT2D eigenvalue weighted by molar-refractivity contribution is 7.89. The molecule has 3 rings (SSSR count). The summed E-state index contributed by atoms with van der Waals surface area (Å²) in [6, 6.07) is 15.5.